The van der Waals surface area contributed by atoms with Crippen LogP contribution in [0, 0.1) is 18.3 Å². The summed E-state index contributed by atoms with van der Waals surface area (Å²) in [6, 6.07) is 24.1. The average molecular weight is 454 g/mol. The van der Waals surface area contributed by atoms with Crippen molar-refractivity contribution >= 4 is 29.0 Å². The number of hydrogen-bond acceptors (Lipinski definition) is 4. The zero-order valence-electron chi connectivity index (χ0n) is 19.1. The fourth-order valence-corrected chi connectivity index (χ4v) is 4.00. The molecule has 2 N–H and O–H groups in total. The molecule has 0 aromatic heterocycles. The Bertz CT molecular complexity index is 1190. The van der Waals surface area contributed by atoms with E-state index in [0.29, 0.717) is 36.4 Å². The summed E-state index contributed by atoms with van der Waals surface area (Å²) in [5.74, 6) is 0.165. The summed E-state index contributed by atoms with van der Waals surface area (Å²) in [5, 5.41) is 14.4. The lowest BCUT2D eigenvalue weighted by molar-refractivity contribution is -0.130. The maximum Gasteiger partial charge on any atom is 0.323 e. The third kappa shape index (κ3) is 5.93. The van der Waals surface area contributed by atoms with Crippen LogP contribution in [-0.2, 0) is 11.2 Å². The number of carbonyl (C=O) groups is 2. The van der Waals surface area contributed by atoms with Crippen molar-refractivity contribution in [3.05, 3.63) is 89.5 Å². The number of piperazine rings is 1. The second kappa shape index (κ2) is 10.5. The molecular formula is C27H27N5O2. The Morgan fingerprint density at radius 3 is 2.09 bits per heavy atom. The molecule has 1 fully saturated rings. The zero-order valence-corrected chi connectivity index (χ0v) is 19.1. The molecule has 4 rings (SSSR count). The number of anilines is 3. The third-order valence-electron chi connectivity index (χ3n) is 5.83. The van der Waals surface area contributed by atoms with Crippen LogP contribution in [0.1, 0.15) is 16.7 Å². The van der Waals surface area contributed by atoms with Crippen LogP contribution >= 0.6 is 0 Å². The lowest BCUT2D eigenvalue weighted by atomic mass is 10.1. The van der Waals surface area contributed by atoms with Crippen molar-refractivity contribution in [3.8, 4) is 6.07 Å². The number of carbonyl (C=O) groups excluding carboxylic acids is 2. The largest absolute Gasteiger partial charge is 0.368 e. The van der Waals surface area contributed by atoms with E-state index in [1.807, 2.05) is 60.4 Å². The van der Waals surface area contributed by atoms with Gasteiger partial charge < -0.3 is 20.4 Å². The Morgan fingerprint density at radius 2 is 1.50 bits per heavy atom. The normalized spacial score (nSPS) is 13.2. The SMILES string of the molecule is Cc1cccc(CC(=O)N2CCN(c3ccc(NC(=O)Nc4ccc(C#N)cc4)cc3)CC2)c1. The van der Waals surface area contributed by atoms with Crippen LogP contribution in [0.3, 0.4) is 0 Å². The van der Waals surface area contributed by atoms with Crippen LogP contribution in [-0.4, -0.2) is 43.0 Å². The molecule has 0 saturated carbocycles. The highest BCUT2D eigenvalue weighted by molar-refractivity contribution is 5.99. The van der Waals surface area contributed by atoms with Crippen molar-refractivity contribution in [2.24, 2.45) is 0 Å². The molecule has 0 spiro atoms. The van der Waals surface area contributed by atoms with Gasteiger partial charge in [-0.15, -0.1) is 0 Å². The number of urea groups is 1. The first-order valence-electron chi connectivity index (χ1n) is 11.3. The standard InChI is InChI=1S/C27H27N5O2/c1-20-3-2-4-22(17-20)18-26(33)32-15-13-31(14-16-32)25-11-9-24(10-12-25)30-27(34)29-23-7-5-21(19-28)6-8-23/h2-12,17H,13-16,18H2,1H3,(H2,29,30,34). The van der Waals surface area contributed by atoms with Gasteiger partial charge in [-0.2, -0.15) is 5.26 Å². The summed E-state index contributed by atoms with van der Waals surface area (Å²) in [7, 11) is 0. The highest BCUT2D eigenvalue weighted by atomic mass is 16.2. The van der Waals surface area contributed by atoms with Crippen molar-refractivity contribution in [2.75, 3.05) is 41.7 Å². The molecule has 1 saturated heterocycles. The molecule has 172 valence electrons. The summed E-state index contributed by atoms with van der Waals surface area (Å²) < 4.78 is 0. The number of benzene rings is 3. The molecule has 1 heterocycles. The number of hydrogen-bond donors (Lipinski definition) is 2. The maximum atomic E-state index is 12.7. The van der Waals surface area contributed by atoms with Gasteiger partial charge in [-0.05, 0) is 61.0 Å². The fourth-order valence-electron chi connectivity index (χ4n) is 4.00. The van der Waals surface area contributed by atoms with Crippen molar-refractivity contribution in [3.63, 3.8) is 0 Å². The number of nitriles is 1. The van der Waals surface area contributed by atoms with Gasteiger partial charge in [0.1, 0.15) is 0 Å². The molecule has 3 aromatic rings. The van der Waals surface area contributed by atoms with Crippen molar-refractivity contribution in [1.29, 1.82) is 5.26 Å². The van der Waals surface area contributed by atoms with Crippen LogP contribution < -0.4 is 15.5 Å². The van der Waals surface area contributed by atoms with Gasteiger partial charge in [0.2, 0.25) is 5.91 Å². The maximum absolute atomic E-state index is 12.7. The predicted octanol–water partition coefficient (Wildman–Crippen LogP) is 4.40. The second-order valence-corrected chi connectivity index (χ2v) is 8.35. The van der Waals surface area contributed by atoms with E-state index in [9.17, 15) is 9.59 Å². The highest BCUT2D eigenvalue weighted by Crippen LogP contribution is 2.20. The first-order valence-corrected chi connectivity index (χ1v) is 11.3. The van der Waals surface area contributed by atoms with Crippen molar-refractivity contribution in [2.45, 2.75) is 13.3 Å². The Morgan fingerprint density at radius 1 is 0.882 bits per heavy atom. The lowest BCUT2D eigenvalue weighted by Gasteiger charge is -2.36. The van der Waals surface area contributed by atoms with E-state index in [-0.39, 0.29) is 11.9 Å². The monoisotopic (exact) mass is 453 g/mol. The molecule has 3 aromatic carbocycles. The second-order valence-electron chi connectivity index (χ2n) is 8.35. The summed E-state index contributed by atoms with van der Waals surface area (Å²) in [6.07, 6.45) is 0.437. The Balaban J connectivity index is 1.26. The van der Waals surface area contributed by atoms with Crippen LogP contribution in [0.5, 0.6) is 0 Å². The van der Waals surface area contributed by atoms with Gasteiger partial charge in [0.15, 0.2) is 0 Å². The lowest BCUT2D eigenvalue weighted by Crippen LogP contribution is -2.49. The molecular weight excluding hydrogens is 426 g/mol. The minimum absolute atomic E-state index is 0.165. The molecule has 1 aliphatic rings. The summed E-state index contributed by atoms with van der Waals surface area (Å²) in [6.45, 7) is 4.96. The van der Waals surface area contributed by atoms with Gasteiger partial charge >= 0.3 is 6.03 Å². The number of aryl methyl sites for hydroxylation is 1. The van der Waals surface area contributed by atoms with Crippen LogP contribution in [0.2, 0.25) is 0 Å². The molecule has 1 aliphatic heterocycles. The summed E-state index contributed by atoms with van der Waals surface area (Å²) in [5.41, 5.74) is 5.12. The van der Waals surface area contributed by atoms with Crippen LogP contribution in [0.15, 0.2) is 72.8 Å². The Hall–Kier alpha value is -4.31. The third-order valence-corrected chi connectivity index (χ3v) is 5.83. The van der Waals surface area contributed by atoms with E-state index in [1.54, 1.807) is 24.3 Å². The van der Waals surface area contributed by atoms with E-state index in [0.717, 1.165) is 24.3 Å². The topological polar surface area (TPSA) is 88.5 Å². The molecule has 3 amide bonds. The molecule has 7 nitrogen and oxygen atoms in total. The summed E-state index contributed by atoms with van der Waals surface area (Å²) >= 11 is 0. The van der Waals surface area contributed by atoms with Crippen molar-refractivity contribution in [1.82, 2.24) is 4.90 Å². The Kier molecular flexibility index (Phi) is 7.09. The smallest absolute Gasteiger partial charge is 0.323 e. The molecule has 0 aliphatic carbocycles. The Labute approximate surface area is 199 Å². The summed E-state index contributed by atoms with van der Waals surface area (Å²) in [4.78, 5) is 29.1. The predicted molar refractivity (Wildman–Crippen MR) is 134 cm³/mol. The number of nitrogens with one attached hydrogen (secondary N) is 2. The first kappa shape index (κ1) is 22.9. The van der Waals surface area contributed by atoms with Gasteiger partial charge in [-0.1, -0.05) is 29.8 Å². The molecule has 0 bridgehead atoms. The van der Waals surface area contributed by atoms with Crippen LogP contribution in [0.4, 0.5) is 21.9 Å². The van der Waals surface area contributed by atoms with E-state index < -0.39 is 0 Å². The molecule has 0 unspecified atom stereocenters. The molecule has 0 radical (unpaired) electrons. The quantitative estimate of drug-likeness (QED) is 0.599. The number of nitrogens with zero attached hydrogens (tertiary/aromatic N) is 3. The van der Waals surface area contributed by atoms with Gasteiger partial charge in [0.25, 0.3) is 0 Å². The van der Waals surface area contributed by atoms with Gasteiger partial charge in [-0.3, -0.25) is 4.79 Å². The highest BCUT2D eigenvalue weighted by Gasteiger charge is 2.21. The average Bonchev–Trinajstić information content (AvgIpc) is 2.85. The fraction of sp³-hybridized carbons (Fsp3) is 0.222. The van der Waals surface area contributed by atoms with E-state index in [2.05, 4.69) is 21.6 Å². The van der Waals surface area contributed by atoms with Gasteiger partial charge in [0, 0.05) is 43.2 Å². The van der Waals surface area contributed by atoms with Gasteiger partial charge in [0.05, 0.1) is 18.1 Å². The number of amides is 3. The van der Waals surface area contributed by atoms with Crippen LogP contribution in [0.25, 0.3) is 0 Å². The number of rotatable bonds is 5. The molecule has 34 heavy (non-hydrogen) atoms. The van der Waals surface area contributed by atoms with Crippen molar-refractivity contribution < 1.29 is 9.59 Å². The molecule has 0 atom stereocenters. The molecule has 7 heteroatoms. The van der Waals surface area contributed by atoms with E-state index in [4.69, 9.17) is 5.26 Å². The first-order chi connectivity index (χ1) is 16.5. The minimum atomic E-state index is -0.349. The minimum Gasteiger partial charge on any atom is -0.368 e. The van der Waals surface area contributed by atoms with E-state index >= 15 is 0 Å². The van der Waals surface area contributed by atoms with E-state index in [1.165, 1.54) is 5.56 Å². The van der Waals surface area contributed by atoms with Gasteiger partial charge in [-0.25, -0.2) is 4.79 Å². The zero-order chi connectivity index (χ0) is 23.9.